The molecule has 0 spiro atoms. The van der Waals surface area contributed by atoms with Crippen molar-refractivity contribution in [2.45, 2.75) is 13.0 Å². The van der Waals surface area contributed by atoms with E-state index in [1.807, 2.05) is 6.07 Å². The molecule has 0 radical (unpaired) electrons. The largest absolute Gasteiger partial charge is 0.201 e. The minimum absolute atomic E-state index is 1.02. The highest BCUT2D eigenvalue weighted by atomic mass is 14.9. The summed E-state index contributed by atoms with van der Waals surface area (Å²) < 4.78 is 2.19. The molecule has 0 saturated carbocycles. The van der Waals surface area contributed by atoms with Gasteiger partial charge in [0.1, 0.15) is 0 Å². The molecule has 60 valence electrons. The van der Waals surface area contributed by atoms with E-state index in [4.69, 9.17) is 0 Å². The average molecular weight is 158 g/mol. The molecule has 0 aliphatic heterocycles. The van der Waals surface area contributed by atoms with Gasteiger partial charge in [-0.3, -0.25) is 0 Å². The molecule has 0 unspecified atom stereocenters. The van der Waals surface area contributed by atoms with Crippen LogP contribution in [0.15, 0.2) is 54.4 Å². The summed E-state index contributed by atoms with van der Waals surface area (Å²) in [6.45, 7) is 1.02. The van der Waals surface area contributed by atoms with Crippen molar-refractivity contribution in [1.82, 2.24) is 0 Å². The first-order chi connectivity index (χ1) is 5.95. The van der Waals surface area contributed by atoms with Crippen LogP contribution in [0.3, 0.4) is 0 Å². The Labute approximate surface area is 72.7 Å². The van der Waals surface area contributed by atoms with Crippen molar-refractivity contribution in [3.63, 3.8) is 0 Å². The van der Waals surface area contributed by atoms with Crippen LogP contribution >= 0.6 is 0 Å². The van der Waals surface area contributed by atoms with Gasteiger partial charge in [0, 0.05) is 12.1 Å². The van der Waals surface area contributed by atoms with Gasteiger partial charge < -0.3 is 0 Å². The average Bonchev–Trinajstić information content (AvgIpc) is 2.59. The van der Waals surface area contributed by atoms with E-state index in [1.54, 1.807) is 0 Å². The van der Waals surface area contributed by atoms with E-state index in [0.717, 1.165) is 13.0 Å². The lowest BCUT2D eigenvalue weighted by molar-refractivity contribution is -0.689. The summed E-state index contributed by atoms with van der Waals surface area (Å²) in [6.07, 6.45) is 11.8. The maximum Gasteiger partial charge on any atom is 0.170 e. The van der Waals surface area contributed by atoms with E-state index in [-0.39, 0.29) is 0 Å². The second-order valence-corrected chi connectivity index (χ2v) is 3.01. The second kappa shape index (κ2) is 3.35. The zero-order valence-corrected chi connectivity index (χ0v) is 6.98. The van der Waals surface area contributed by atoms with Crippen molar-refractivity contribution in [1.29, 1.82) is 0 Å². The van der Waals surface area contributed by atoms with Crippen LogP contribution < -0.4 is 4.57 Å². The first-order valence-corrected chi connectivity index (χ1v) is 4.24. The van der Waals surface area contributed by atoms with Crippen LogP contribution in [0.5, 0.6) is 0 Å². The van der Waals surface area contributed by atoms with E-state index >= 15 is 0 Å². The third-order valence-corrected chi connectivity index (χ3v) is 2.01. The lowest BCUT2D eigenvalue weighted by Crippen LogP contribution is -2.32. The van der Waals surface area contributed by atoms with Crippen LogP contribution in [-0.4, -0.2) is 0 Å². The molecule has 1 nitrogen and oxygen atoms in total. The van der Waals surface area contributed by atoms with Crippen LogP contribution in [0.1, 0.15) is 6.42 Å². The fraction of sp³-hybridized carbons (Fsp3) is 0.182. The Hall–Kier alpha value is -1.37. The maximum absolute atomic E-state index is 2.19. The molecule has 0 saturated heterocycles. The molecule has 1 aromatic rings. The quantitative estimate of drug-likeness (QED) is 0.578. The Bertz CT molecular complexity index is 309. The molecule has 1 aliphatic carbocycles. The van der Waals surface area contributed by atoms with Crippen LogP contribution in [0, 0.1) is 0 Å². The molecular weight excluding hydrogens is 146 g/mol. The standard InChI is InChI=1S/C11H12N/c1-4-8-12(9-5-1)10-11-6-2-3-7-11/h1-6,8-9H,7,10H2/q+1. The van der Waals surface area contributed by atoms with Gasteiger partial charge in [0.05, 0.1) is 0 Å². The molecule has 0 amide bonds. The summed E-state index contributed by atoms with van der Waals surface area (Å²) in [5.41, 5.74) is 1.48. The zero-order valence-electron chi connectivity index (χ0n) is 6.98. The van der Waals surface area contributed by atoms with Crippen LogP contribution in [0.4, 0.5) is 0 Å². The predicted molar refractivity (Wildman–Crippen MR) is 48.5 cm³/mol. The zero-order chi connectivity index (χ0) is 8.23. The molecule has 0 fully saturated rings. The summed E-state index contributed by atoms with van der Waals surface area (Å²) in [4.78, 5) is 0. The SMILES string of the molecule is C1=CCC(C[n+]2ccccc2)=C1. The Morgan fingerprint density at radius 1 is 1.17 bits per heavy atom. The molecule has 0 N–H and O–H groups in total. The van der Waals surface area contributed by atoms with Gasteiger partial charge in [-0.15, -0.1) is 0 Å². The Kier molecular flexibility index (Phi) is 2.04. The van der Waals surface area contributed by atoms with Gasteiger partial charge in [-0.25, -0.2) is 4.57 Å². The first-order valence-electron chi connectivity index (χ1n) is 4.24. The highest BCUT2D eigenvalue weighted by Gasteiger charge is 2.04. The van der Waals surface area contributed by atoms with E-state index in [1.165, 1.54) is 5.57 Å². The summed E-state index contributed by atoms with van der Waals surface area (Å²) in [5.74, 6) is 0. The van der Waals surface area contributed by atoms with Crippen LogP contribution in [-0.2, 0) is 6.54 Å². The molecule has 0 atom stereocenters. The summed E-state index contributed by atoms with van der Waals surface area (Å²) in [7, 11) is 0. The van der Waals surface area contributed by atoms with Crippen LogP contribution in [0.2, 0.25) is 0 Å². The van der Waals surface area contributed by atoms with Gasteiger partial charge in [0.15, 0.2) is 18.9 Å². The number of aromatic nitrogens is 1. The minimum atomic E-state index is 1.02. The van der Waals surface area contributed by atoms with Gasteiger partial charge in [0.2, 0.25) is 0 Å². The molecule has 1 heterocycles. The number of allylic oxidation sites excluding steroid dienone is 4. The highest BCUT2D eigenvalue weighted by Crippen LogP contribution is 2.09. The monoisotopic (exact) mass is 158 g/mol. The molecule has 1 aromatic heterocycles. The molecule has 1 heteroatoms. The molecular formula is C11H12N+. The maximum atomic E-state index is 2.19. The summed E-state index contributed by atoms with van der Waals surface area (Å²) in [5, 5.41) is 0. The van der Waals surface area contributed by atoms with E-state index in [9.17, 15) is 0 Å². The number of pyridine rings is 1. The smallest absolute Gasteiger partial charge is 0.170 e. The number of rotatable bonds is 2. The first kappa shape index (κ1) is 7.29. The van der Waals surface area contributed by atoms with Gasteiger partial charge in [-0.2, -0.15) is 0 Å². The van der Waals surface area contributed by atoms with Crippen molar-refractivity contribution < 1.29 is 4.57 Å². The van der Waals surface area contributed by atoms with Crippen molar-refractivity contribution in [3.8, 4) is 0 Å². The normalized spacial score (nSPS) is 14.8. The molecule has 0 bridgehead atoms. The van der Waals surface area contributed by atoms with Gasteiger partial charge >= 0.3 is 0 Å². The Morgan fingerprint density at radius 2 is 2.00 bits per heavy atom. The number of hydrogen-bond acceptors (Lipinski definition) is 0. The Morgan fingerprint density at radius 3 is 2.67 bits per heavy atom. The van der Waals surface area contributed by atoms with Crippen LogP contribution in [0.25, 0.3) is 0 Å². The van der Waals surface area contributed by atoms with Crippen molar-refractivity contribution in [2.75, 3.05) is 0 Å². The minimum Gasteiger partial charge on any atom is -0.201 e. The summed E-state index contributed by atoms with van der Waals surface area (Å²) >= 11 is 0. The van der Waals surface area contributed by atoms with Gasteiger partial charge in [-0.05, 0) is 12.0 Å². The van der Waals surface area contributed by atoms with Crippen molar-refractivity contribution in [3.05, 3.63) is 54.4 Å². The number of nitrogens with zero attached hydrogens (tertiary/aromatic N) is 1. The third kappa shape index (κ3) is 1.62. The van der Waals surface area contributed by atoms with E-state index in [0.29, 0.717) is 0 Å². The topological polar surface area (TPSA) is 3.88 Å². The Balaban J connectivity index is 2.05. The molecule has 12 heavy (non-hydrogen) atoms. The fourth-order valence-electron chi connectivity index (χ4n) is 1.38. The van der Waals surface area contributed by atoms with Gasteiger partial charge in [0.25, 0.3) is 0 Å². The highest BCUT2D eigenvalue weighted by molar-refractivity contribution is 5.21. The van der Waals surface area contributed by atoms with Crippen molar-refractivity contribution >= 4 is 0 Å². The lowest BCUT2D eigenvalue weighted by atomic mass is 10.2. The van der Waals surface area contributed by atoms with Crippen molar-refractivity contribution in [2.24, 2.45) is 0 Å². The third-order valence-electron chi connectivity index (χ3n) is 2.01. The van der Waals surface area contributed by atoms with E-state index < -0.39 is 0 Å². The second-order valence-electron chi connectivity index (χ2n) is 3.01. The van der Waals surface area contributed by atoms with Gasteiger partial charge in [-0.1, -0.05) is 24.3 Å². The molecule has 2 rings (SSSR count). The summed E-state index contributed by atoms with van der Waals surface area (Å²) in [6, 6.07) is 6.16. The molecule has 1 aliphatic rings. The number of hydrogen-bond donors (Lipinski definition) is 0. The predicted octanol–water partition coefficient (Wildman–Crippen LogP) is 1.86. The lowest BCUT2D eigenvalue weighted by Gasteiger charge is -1.95. The van der Waals surface area contributed by atoms with E-state index in [2.05, 4.69) is 47.3 Å². The fourth-order valence-corrected chi connectivity index (χ4v) is 1.38. The molecule has 0 aromatic carbocycles.